The molecule has 7 nitrogen and oxygen atoms in total. The van der Waals surface area contributed by atoms with Crippen LogP contribution in [0.2, 0.25) is 0 Å². The molecule has 1 aliphatic heterocycles. The number of nitrogens with zero attached hydrogens (tertiary/aromatic N) is 3. The van der Waals surface area contributed by atoms with Crippen LogP contribution in [-0.4, -0.2) is 48.4 Å². The number of imidazole rings is 1. The minimum absolute atomic E-state index is 0. The highest BCUT2D eigenvalue weighted by atomic mass is 127. The monoisotopic (exact) mass is 513 g/mol. The normalized spacial score (nSPS) is 16.3. The van der Waals surface area contributed by atoms with E-state index in [1.807, 2.05) is 12.5 Å². The fourth-order valence-corrected chi connectivity index (χ4v) is 3.19. The quantitative estimate of drug-likeness (QED) is 0.233. The summed E-state index contributed by atoms with van der Waals surface area (Å²) in [5.74, 6) is 1.70. The fraction of sp³-hybridized carbons (Fsp3) is 0.524. The predicted molar refractivity (Wildman–Crippen MR) is 126 cm³/mol. The molecule has 8 heteroatoms. The minimum atomic E-state index is 0. The summed E-state index contributed by atoms with van der Waals surface area (Å²) in [7, 11) is 1.79. The van der Waals surface area contributed by atoms with Crippen LogP contribution in [0.4, 0.5) is 0 Å². The Kier molecular flexibility index (Phi) is 10.3. The molecular weight excluding hydrogens is 481 g/mol. The van der Waals surface area contributed by atoms with Gasteiger partial charge in [-0.3, -0.25) is 4.99 Å². The molecule has 29 heavy (non-hydrogen) atoms. The first-order valence-corrected chi connectivity index (χ1v) is 9.99. The molecular formula is C21H32IN5O2. The van der Waals surface area contributed by atoms with Crippen LogP contribution in [0.3, 0.4) is 0 Å². The number of hydrogen-bond donors (Lipinski definition) is 2. The Morgan fingerprint density at radius 2 is 2.28 bits per heavy atom. The second-order valence-electron chi connectivity index (χ2n) is 7.06. The predicted octanol–water partition coefficient (Wildman–Crippen LogP) is 3.12. The molecule has 1 atom stereocenters. The van der Waals surface area contributed by atoms with Crippen molar-refractivity contribution in [2.24, 2.45) is 4.99 Å². The molecule has 1 aromatic carbocycles. The van der Waals surface area contributed by atoms with E-state index in [-0.39, 0.29) is 30.1 Å². The maximum Gasteiger partial charge on any atom is 0.191 e. The summed E-state index contributed by atoms with van der Waals surface area (Å²) in [4.78, 5) is 8.36. The minimum Gasteiger partial charge on any atom is -0.491 e. The number of rotatable bonds is 9. The maximum atomic E-state index is 6.07. The van der Waals surface area contributed by atoms with Crippen molar-refractivity contribution in [1.82, 2.24) is 20.2 Å². The molecule has 0 radical (unpaired) electrons. The first-order valence-electron chi connectivity index (χ1n) is 9.99. The molecule has 1 aromatic heterocycles. The number of benzene rings is 1. The Balaban J connectivity index is 0.00000300. The van der Waals surface area contributed by atoms with E-state index >= 15 is 0 Å². The molecule has 0 amide bonds. The van der Waals surface area contributed by atoms with Gasteiger partial charge >= 0.3 is 0 Å². The molecule has 0 spiro atoms. The zero-order valence-corrected chi connectivity index (χ0v) is 19.6. The standard InChI is InChI=1S/C21H31N5O2.HI/c1-17-6-7-18(20(13-17)28-15-19-5-3-12-27-19)14-25-21(22-2)24-8-4-10-26-11-9-23-16-26;/h6-7,9,11,13,16,19H,3-5,8,10,12,14-15H2,1-2H3,(H2,22,24,25);1H. The number of hydrogen-bond acceptors (Lipinski definition) is 4. The number of nitrogens with one attached hydrogen (secondary N) is 2. The van der Waals surface area contributed by atoms with Gasteiger partial charge in [-0.25, -0.2) is 4.98 Å². The molecule has 2 heterocycles. The highest BCUT2D eigenvalue weighted by molar-refractivity contribution is 14.0. The van der Waals surface area contributed by atoms with Gasteiger partial charge < -0.3 is 24.7 Å². The molecule has 1 unspecified atom stereocenters. The Hall–Kier alpha value is -1.81. The van der Waals surface area contributed by atoms with E-state index in [0.717, 1.165) is 56.2 Å². The molecule has 3 rings (SSSR count). The van der Waals surface area contributed by atoms with E-state index < -0.39 is 0 Å². The van der Waals surface area contributed by atoms with Crippen LogP contribution >= 0.6 is 24.0 Å². The van der Waals surface area contributed by atoms with Crippen LogP contribution < -0.4 is 15.4 Å². The van der Waals surface area contributed by atoms with Gasteiger partial charge in [-0.15, -0.1) is 24.0 Å². The third kappa shape index (κ3) is 7.85. The van der Waals surface area contributed by atoms with Crippen molar-refractivity contribution in [1.29, 1.82) is 0 Å². The number of guanidine groups is 1. The van der Waals surface area contributed by atoms with Crippen LogP contribution in [0.1, 0.15) is 30.4 Å². The SMILES string of the molecule is CN=C(NCCCn1ccnc1)NCc1ccc(C)cc1OCC1CCCO1.I. The maximum absolute atomic E-state index is 6.07. The second-order valence-corrected chi connectivity index (χ2v) is 7.06. The van der Waals surface area contributed by atoms with Gasteiger partial charge in [0.1, 0.15) is 12.4 Å². The number of halogens is 1. The third-order valence-corrected chi connectivity index (χ3v) is 4.79. The Morgan fingerprint density at radius 3 is 3.00 bits per heavy atom. The zero-order valence-electron chi connectivity index (χ0n) is 17.3. The summed E-state index contributed by atoms with van der Waals surface area (Å²) in [6.45, 7) is 5.97. The zero-order chi connectivity index (χ0) is 19.6. The summed E-state index contributed by atoms with van der Waals surface area (Å²) in [5.41, 5.74) is 2.30. The van der Waals surface area contributed by atoms with E-state index in [4.69, 9.17) is 9.47 Å². The summed E-state index contributed by atoms with van der Waals surface area (Å²) in [6, 6.07) is 6.31. The third-order valence-electron chi connectivity index (χ3n) is 4.79. The fourth-order valence-electron chi connectivity index (χ4n) is 3.19. The molecule has 0 aliphatic carbocycles. The average molecular weight is 513 g/mol. The second kappa shape index (κ2) is 12.7. The Labute approximate surface area is 190 Å². The van der Waals surface area contributed by atoms with Gasteiger partial charge in [0.25, 0.3) is 0 Å². The molecule has 160 valence electrons. The van der Waals surface area contributed by atoms with Crippen molar-refractivity contribution in [3.05, 3.63) is 48.0 Å². The van der Waals surface area contributed by atoms with Crippen molar-refractivity contribution < 1.29 is 9.47 Å². The van der Waals surface area contributed by atoms with Crippen LogP contribution in [-0.2, 0) is 17.8 Å². The largest absolute Gasteiger partial charge is 0.491 e. The molecule has 0 bridgehead atoms. The van der Waals surface area contributed by atoms with Gasteiger partial charge in [0, 0.05) is 51.2 Å². The number of ether oxygens (including phenoxy) is 2. The highest BCUT2D eigenvalue weighted by Crippen LogP contribution is 2.22. The van der Waals surface area contributed by atoms with Crippen LogP contribution in [0.25, 0.3) is 0 Å². The van der Waals surface area contributed by atoms with Gasteiger partial charge in [0.05, 0.1) is 12.4 Å². The van der Waals surface area contributed by atoms with Gasteiger partial charge in [0.15, 0.2) is 5.96 Å². The summed E-state index contributed by atoms with van der Waals surface area (Å²) in [5, 5.41) is 6.73. The molecule has 0 saturated carbocycles. The Morgan fingerprint density at radius 1 is 1.38 bits per heavy atom. The lowest BCUT2D eigenvalue weighted by atomic mass is 10.1. The van der Waals surface area contributed by atoms with Crippen molar-refractivity contribution in [3.63, 3.8) is 0 Å². The highest BCUT2D eigenvalue weighted by Gasteiger charge is 2.17. The molecule has 1 saturated heterocycles. The van der Waals surface area contributed by atoms with Gasteiger partial charge in [-0.1, -0.05) is 12.1 Å². The molecule has 2 aromatic rings. The lowest BCUT2D eigenvalue weighted by molar-refractivity contribution is 0.0676. The van der Waals surface area contributed by atoms with Crippen LogP contribution in [0, 0.1) is 6.92 Å². The first-order chi connectivity index (χ1) is 13.7. The summed E-state index contributed by atoms with van der Waals surface area (Å²) in [6.07, 6.45) is 9.02. The first kappa shape index (κ1) is 23.5. The topological polar surface area (TPSA) is 72.7 Å². The smallest absolute Gasteiger partial charge is 0.191 e. The lowest BCUT2D eigenvalue weighted by Crippen LogP contribution is -2.37. The number of aryl methyl sites for hydroxylation is 2. The Bertz CT molecular complexity index is 746. The van der Waals surface area contributed by atoms with Crippen molar-refractivity contribution in [3.8, 4) is 5.75 Å². The number of aromatic nitrogens is 2. The van der Waals surface area contributed by atoms with E-state index in [0.29, 0.717) is 13.2 Å². The molecule has 1 aliphatic rings. The van der Waals surface area contributed by atoms with E-state index in [1.54, 1.807) is 13.2 Å². The van der Waals surface area contributed by atoms with E-state index in [1.165, 1.54) is 5.56 Å². The lowest BCUT2D eigenvalue weighted by Gasteiger charge is -2.17. The van der Waals surface area contributed by atoms with Crippen molar-refractivity contribution in [2.45, 2.75) is 45.4 Å². The van der Waals surface area contributed by atoms with Crippen molar-refractivity contribution in [2.75, 3.05) is 26.8 Å². The molecule has 1 fully saturated rings. The van der Waals surface area contributed by atoms with Crippen LogP contribution in [0.15, 0.2) is 41.9 Å². The average Bonchev–Trinajstić information content (AvgIpc) is 3.41. The molecule has 2 N–H and O–H groups in total. The van der Waals surface area contributed by atoms with E-state index in [9.17, 15) is 0 Å². The van der Waals surface area contributed by atoms with E-state index in [2.05, 4.69) is 50.3 Å². The number of aliphatic imine (C=N–C) groups is 1. The van der Waals surface area contributed by atoms with Gasteiger partial charge in [-0.05, 0) is 37.8 Å². The van der Waals surface area contributed by atoms with Gasteiger partial charge in [0.2, 0.25) is 0 Å². The summed E-state index contributed by atoms with van der Waals surface area (Å²) >= 11 is 0. The van der Waals surface area contributed by atoms with Crippen LogP contribution in [0.5, 0.6) is 5.75 Å². The van der Waals surface area contributed by atoms with Crippen molar-refractivity contribution >= 4 is 29.9 Å². The van der Waals surface area contributed by atoms with Gasteiger partial charge in [-0.2, -0.15) is 0 Å². The summed E-state index contributed by atoms with van der Waals surface area (Å²) < 4.78 is 13.8.